The average Bonchev–Trinajstić information content (AvgIpc) is 2.93. The lowest BCUT2D eigenvalue weighted by Crippen LogP contribution is -2.24. The Bertz CT molecular complexity index is 526. The van der Waals surface area contributed by atoms with Crippen molar-refractivity contribution in [3.05, 3.63) is 25.0 Å². The third-order valence-corrected chi connectivity index (χ3v) is 2.31. The zero-order valence-electron chi connectivity index (χ0n) is 10.6. The summed E-state index contributed by atoms with van der Waals surface area (Å²) in [5, 5.41) is 9.74. The minimum atomic E-state index is 0.00962. The van der Waals surface area contributed by atoms with Gasteiger partial charge in [0.1, 0.15) is 18.5 Å². The number of carbonyl (C=O) groups is 1. The molecule has 1 amide bonds. The number of aromatic nitrogens is 5. The van der Waals surface area contributed by atoms with E-state index in [1.807, 2.05) is 6.92 Å². The highest BCUT2D eigenvalue weighted by Gasteiger charge is 2.03. The number of nitrogens with zero attached hydrogens (tertiary/aromatic N) is 5. The number of amides is 1. The Morgan fingerprint density at radius 3 is 3.00 bits per heavy atom. The molecule has 0 aliphatic rings. The highest BCUT2D eigenvalue weighted by Crippen LogP contribution is 2.05. The molecule has 2 N–H and O–H groups in total. The van der Waals surface area contributed by atoms with E-state index in [9.17, 15) is 4.79 Å². The molecule has 0 aliphatic carbocycles. The molecule has 8 heteroatoms. The molecule has 8 nitrogen and oxygen atoms in total. The van der Waals surface area contributed by atoms with Crippen molar-refractivity contribution >= 4 is 11.7 Å². The second-order valence-corrected chi connectivity index (χ2v) is 3.73. The van der Waals surface area contributed by atoms with E-state index in [2.05, 4.69) is 30.7 Å². The molecule has 0 atom stereocenters. The summed E-state index contributed by atoms with van der Waals surface area (Å²) in [6.45, 7) is 3.03. The van der Waals surface area contributed by atoms with Gasteiger partial charge in [-0.15, -0.1) is 0 Å². The van der Waals surface area contributed by atoms with Gasteiger partial charge in [-0.25, -0.2) is 14.6 Å². The Labute approximate surface area is 110 Å². The third kappa shape index (κ3) is 3.73. The van der Waals surface area contributed by atoms with Crippen LogP contribution in [0.4, 0.5) is 5.82 Å². The number of nitrogens with one attached hydrogen (secondary N) is 2. The molecule has 0 saturated heterocycles. The van der Waals surface area contributed by atoms with Crippen molar-refractivity contribution in [1.82, 2.24) is 30.0 Å². The normalized spacial score (nSPS) is 10.2. The van der Waals surface area contributed by atoms with E-state index in [-0.39, 0.29) is 5.91 Å². The molecule has 0 bridgehead atoms. The van der Waals surface area contributed by atoms with Gasteiger partial charge in [0.25, 0.3) is 0 Å². The minimum Gasteiger partial charge on any atom is -0.368 e. The fourth-order valence-corrected chi connectivity index (χ4v) is 1.47. The van der Waals surface area contributed by atoms with Crippen LogP contribution in [0.5, 0.6) is 0 Å². The van der Waals surface area contributed by atoms with Gasteiger partial charge in [-0.05, 0) is 6.92 Å². The maximum absolute atomic E-state index is 11.3. The van der Waals surface area contributed by atoms with Gasteiger partial charge in [-0.2, -0.15) is 5.10 Å². The molecular formula is C11H15N7O. The second kappa shape index (κ2) is 6.43. The molecule has 0 saturated carbocycles. The monoisotopic (exact) mass is 261 g/mol. The topological polar surface area (TPSA) is 97.6 Å². The highest BCUT2D eigenvalue weighted by molar-refractivity contribution is 5.76. The van der Waals surface area contributed by atoms with Crippen LogP contribution >= 0.6 is 0 Å². The first-order valence-electron chi connectivity index (χ1n) is 5.97. The lowest BCUT2D eigenvalue weighted by Gasteiger charge is -2.06. The van der Waals surface area contributed by atoms with Crippen LogP contribution in [0.25, 0.3) is 5.82 Å². The minimum absolute atomic E-state index is 0.00962. The van der Waals surface area contributed by atoms with Crippen LogP contribution in [0, 0.1) is 0 Å². The lowest BCUT2D eigenvalue weighted by atomic mass is 10.4. The predicted octanol–water partition coefficient (Wildman–Crippen LogP) is -0.00460. The Morgan fingerprint density at radius 2 is 2.26 bits per heavy atom. The van der Waals surface area contributed by atoms with Gasteiger partial charge in [-0.3, -0.25) is 9.78 Å². The van der Waals surface area contributed by atoms with Crippen molar-refractivity contribution < 1.29 is 4.79 Å². The summed E-state index contributed by atoms with van der Waals surface area (Å²) >= 11 is 0. The van der Waals surface area contributed by atoms with Gasteiger partial charge < -0.3 is 10.6 Å². The Morgan fingerprint density at radius 1 is 1.37 bits per heavy atom. The van der Waals surface area contributed by atoms with Crippen LogP contribution in [-0.2, 0) is 4.79 Å². The van der Waals surface area contributed by atoms with Crippen molar-refractivity contribution in [3.63, 3.8) is 0 Å². The number of rotatable bonds is 6. The first kappa shape index (κ1) is 12.9. The fourth-order valence-electron chi connectivity index (χ4n) is 1.47. The van der Waals surface area contributed by atoms with Gasteiger partial charge in [0.05, 0.1) is 12.4 Å². The van der Waals surface area contributed by atoms with E-state index in [0.717, 1.165) is 0 Å². The van der Waals surface area contributed by atoms with Gasteiger partial charge in [-0.1, -0.05) is 0 Å². The molecule has 0 radical (unpaired) electrons. The van der Waals surface area contributed by atoms with E-state index < -0.39 is 0 Å². The summed E-state index contributed by atoms with van der Waals surface area (Å²) in [4.78, 5) is 23.5. The van der Waals surface area contributed by atoms with Crippen LogP contribution in [-0.4, -0.2) is 43.7 Å². The summed E-state index contributed by atoms with van der Waals surface area (Å²) in [6.07, 6.45) is 6.55. The molecular weight excluding hydrogens is 246 g/mol. The van der Waals surface area contributed by atoms with Gasteiger partial charge in [0.15, 0.2) is 5.82 Å². The Hall–Kier alpha value is -2.51. The van der Waals surface area contributed by atoms with Crippen molar-refractivity contribution in [2.24, 2.45) is 0 Å². The average molecular weight is 261 g/mol. The summed E-state index contributed by atoms with van der Waals surface area (Å²) in [5.74, 6) is 1.17. The summed E-state index contributed by atoms with van der Waals surface area (Å²) in [6, 6.07) is 0. The van der Waals surface area contributed by atoms with E-state index in [4.69, 9.17) is 0 Å². The van der Waals surface area contributed by atoms with Crippen molar-refractivity contribution in [2.45, 2.75) is 13.3 Å². The summed E-state index contributed by atoms with van der Waals surface area (Å²) < 4.78 is 1.52. The molecule has 100 valence electrons. The van der Waals surface area contributed by atoms with Crippen molar-refractivity contribution in [3.8, 4) is 5.82 Å². The van der Waals surface area contributed by atoms with Crippen LogP contribution in [0.2, 0.25) is 0 Å². The summed E-state index contributed by atoms with van der Waals surface area (Å²) in [5.41, 5.74) is 0. The quantitative estimate of drug-likeness (QED) is 0.759. The molecule has 0 aromatic carbocycles. The second-order valence-electron chi connectivity index (χ2n) is 3.73. The van der Waals surface area contributed by atoms with Gasteiger partial charge >= 0.3 is 0 Å². The number of carbonyl (C=O) groups excluding carboxylic acids is 1. The van der Waals surface area contributed by atoms with Gasteiger partial charge in [0, 0.05) is 19.5 Å². The predicted molar refractivity (Wildman–Crippen MR) is 68.7 cm³/mol. The fraction of sp³-hybridized carbons (Fsp3) is 0.364. The van der Waals surface area contributed by atoms with E-state index >= 15 is 0 Å². The van der Waals surface area contributed by atoms with E-state index in [0.29, 0.717) is 31.1 Å². The van der Waals surface area contributed by atoms with Crippen molar-refractivity contribution in [2.75, 3.05) is 18.4 Å². The molecule has 2 aromatic heterocycles. The zero-order valence-corrected chi connectivity index (χ0v) is 10.6. The SMILES string of the molecule is CCNC(=O)CCNc1cncc(-n2cncn2)n1. The van der Waals surface area contributed by atoms with E-state index in [1.165, 1.54) is 11.0 Å². The molecule has 2 heterocycles. The number of anilines is 1. The number of hydrogen-bond donors (Lipinski definition) is 2. The van der Waals surface area contributed by atoms with Crippen LogP contribution < -0.4 is 10.6 Å². The van der Waals surface area contributed by atoms with E-state index in [1.54, 1.807) is 18.7 Å². The maximum Gasteiger partial charge on any atom is 0.221 e. The Balaban J connectivity index is 1.91. The molecule has 0 aliphatic heterocycles. The lowest BCUT2D eigenvalue weighted by molar-refractivity contribution is -0.120. The third-order valence-electron chi connectivity index (χ3n) is 2.31. The Kier molecular flexibility index (Phi) is 4.38. The van der Waals surface area contributed by atoms with Crippen LogP contribution in [0.1, 0.15) is 13.3 Å². The number of hydrogen-bond acceptors (Lipinski definition) is 6. The molecule has 0 spiro atoms. The van der Waals surface area contributed by atoms with Crippen LogP contribution in [0.15, 0.2) is 25.0 Å². The molecule has 2 rings (SSSR count). The zero-order chi connectivity index (χ0) is 13.5. The summed E-state index contributed by atoms with van der Waals surface area (Å²) in [7, 11) is 0. The molecule has 0 fully saturated rings. The molecule has 2 aromatic rings. The largest absolute Gasteiger partial charge is 0.368 e. The first-order chi connectivity index (χ1) is 9.29. The van der Waals surface area contributed by atoms with Gasteiger partial charge in [0.2, 0.25) is 5.91 Å². The molecule has 0 unspecified atom stereocenters. The van der Waals surface area contributed by atoms with Crippen LogP contribution in [0.3, 0.4) is 0 Å². The first-order valence-corrected chi connectivity index (χ1v) is 5.97. The maximum atomic E-state index is 11.3. The smallest absolute Gasteiger partial charge is 0.221 e. The van der Waals surface area contributed by atoms with Crippen molar-refractivity contribution in [1.29, 1.82) is 0 Å². The highest BCUT2D eigenvalue weighted by atomic mass is 16.1. The standard InChI is InChI=1S/C11H15N7O/c1-2-14-11(19)3-4-15-9-5-12-6-10(17-9)18-8-13-7-16-18/h5-8H,2-4H2,1H3,(H,14,19)(H,15,17). The molecule has 19 heavy (non-hydrogen) atoms.